The number of fused-ring (bicyclic) bond motifs is 1. The lowest BCUT2D eigenvalue weighted by Gasteiger charge is -2.23. The minimum atomic E-state index is -0.823. The van der Waals surface area contributed by atoms with E-state index < -0.39 is 5.43 Å². The molecule has 0 fully saturated rings. The smallest absolute Gasteiger partial charge is 0.409 e. The average molecular weight is 283 g/mol. The molecule has 1 aliphatic rings. The van der Waals surface area contributed by atoms with Crippen molar-refractivity contribution in [1.82, 2.24) is 0 Å². The number of hydrogen-bond acceptors (Lipinski definition) is 3. The third kappa shape index (κ3) is 2.71. The first-order valence-electron chi connectivity index (χ1n) is 6.30. The zero-order valence-electron chi connectivity index (χ0n) is 12.0. The second kappa shape index (κ2) is 4.41. The molecular formula is C15H19ClO3. The molecule has 0 bridgehead atoms. The van der Waals surface area contributed by atoms with Gasteiger partial charge in [-0.2, -0.15) is 0 Å². The summed E-state index contributed by atoms with van der Waals surface area (Å²) < 4.78 is 10.9. The van der Waals surface area contributed by atoms with E-state index in [1.807, 2.05) is 12.1 Å². The van der Waals surface area contributed by atoms with E-state index in [0.29, 0.717) is 12.4 Å². The summed E-state index contributed by atoms with van der Waals surface area (Å²) in [4.78, 5) is 10.9. The van der Waals surface area contributed by atoms with Gasteiger partial charge in [-0.25, -0.2) is 4.79 Å². The van der Waals surface area contributed by atoms with E-state index in [-0.39, 0.29) is 10.8 Å². The predicted octanol–water partition coefficient (Wildman–Crippen LogP) is 4.39. The number of benzene rings is 1. The van der Waals surface area contributed by atoms with E-state index >= 15 is 0 Å². The van der Waals surface area contributed by atoms with Crippen molar-refractivity contribution in [2.75, 3.05) is 6.61 Å². The fourth-order valence-electron chi connectivity index (χ4n) is 2.30. The summed E-state index contributed by atoms with van der Waals surface area (Å²) in [7, 11) is 0. The number of hydrogen-bond donors (Lipinski definition) is 0. The number of ether oxygens (including phenoxy) is 2. The first kappa shape index (κ1) is 14.2. The molecule has 4 heteroatoms. The molecule has 1 aliphatic heterocycles. The van der Waals surface area contributed by atoms with Gasteiger partial charge in [-0.15, -0.1) is 0 Å². The van der Waals surface area contributed by atoms with E-state index in [1.54, 1.807) is 0 Å². The van der Waals surface area contributed by atoms with Crippen LogP contribution in [-0.2, 0) is 10.8 Å². The predicted molar refractivity (Wildman–Crippen MR) is 75.5 cm³/mol. The molecule has 0 saturated heterocycles. The maximum Gasteiger partial charge on any atom is 0.409 e. The van der Waals surface area contributed by atoms with E-state index in [0.717, 1.165) is 16.9 Å². The number of carbonyl (C=O) groups is 1. The van der Waals surface area contributed by atoms with E-state index in [1.165, 1.54) is 0 Å². The summed E-state index contributed by atoms with van der Waals surface area (Å²) in [6.07, 6.45) is 0. The molecule has 1 heterocycles. The molecule has 19 heavy (non-hydrogen) atoms. The number of carbonyl (C=O) groups excluding carboxylic acids is 1. The third-order valence-corrected chi connectivity index (χ3v) is 3.45. The SMILES string of the molecule is CC(C)(C)c1cc(OC(=O)Cl)cc2c1OCC2(C)C. The van der Waals surface area contributed by atoms with Crippen molar-refractivity contribution in [3.8, 4) is 11.5 Å². The standard InChI is InChI=1S/C15H19ClO3/c1-14(2,3)10-6-9(19-13(16)17)7-11-12(10)18-8-15(11,4)5/h6-7H,8H2,1-5H3. The summed E-state index contributed by atoms with van der Waals surface area (Å²) >= 11 is 5.31. The van der Waals surface area contributed by atoms with Crippen molar-refractivity contribution in [1.29, 1.82) is 0 Å². The first-order valence-corrected chi connectivity index (χ1v) is 6.68. The maximum atomic E-state index is 10.9. The summed E-state index contributed by atoms with van der Waals surface area (Å²) in [6.45, 7) is 11.1. The van der Waals surface area contributed by atoms with Crippen LogP contribution in [0.3, 0.4) is 0 Å². The van der Waals surface area contributed by atoms with Gasteiger partial charge in [0.15, 0.2) is 0 Å². The molecule has 0 N–H and O–H groups in total. The molecule has 0 aliphatic carbocycles. The fourth-order valence-corrected chi connectivity index (χ4v) is 2.39. The van der Waals surface area contributed by atoms with Gasteiger partial charge in [-0.05, 0) is 17.5 Å². The van der Waals surface area contributed by atoms with Gasteiger partial charge < -0.3 is 9.47 Å². The Hall–Kier alpha value is -1.22. The molecule has 0 saturated carbocycles. The molecule has 1 aromatic rings. The van der Waals surface area contributed by atoms with Crippen LogP contribution < -0.4 is 9.47 Å². The summed E-state index contributed by atoms with van der Waals surface area (Å²) in [6, 6.07) is 3.68. The van der Waals surface area contributed by atoms with Crippen molar-refractivity contribution in [2.45, 2.75) is 45.4 Å². The lowest BCUT2D eigenvalue weighted by molar-refractivity contribution is 0.225. The van der Waals surface area contributed by atoms with Crippen LogP contribution in [0.25, 0.3) is 0 Å². The maximum absolute atomic E-state index is 10.9. The highest BCUT2D eigenvalue weighted by molar-refractivity contribution is 6.61. The molecule has 0 amide bonds. The molecule has 1 aromatic carbocycles. The Morgan fingerprint density at radius 2 is 2.00 bits per heavy atom. The van der Waals surface area contributed by atoms with Crippen LogP contribution >= 0.6 is 11.6 Å². The van der Waals surface area contributed by atoms with E-state index in [4.69, 9.17) is 21.1 Å². The van der Waals surface area contributed by atoms with Crippen LogP contribution in [0.4, 0.5) is 4.79 Å². The Bertz CT molecular complexity index is 527. The van der Waals surface area contributed by atoms with Crippen molar-refractivity contribution >= 4 is 17.0 Å². The molecule has 3 nitrogen and oxygen atoms in total. The Morgan fingerprint density at radius 1 is 1.37 bits per heavy atom. The van der Waals surface area contributed by atoms with Crippen LogP contribution in [0.2, 0.25) is 0 Å². The van der Waals surface area contributed by atoms with Crippen molar-refractivity contribution in [3.63, 3.8) is 0 Å². The molecule has 2 rings (SSSR count). The minimum Gasteiger partial charge on any atom is -0.492 e. The molecule has 0 unspecified atom stereocenters. The summed E-state index contributed by atoms with van der Waals surface area (Å²) in [5, 5.41) is 0. The fraction of sp³-hybridized carbons (Fsp3) is 0.533. The van der Waals surface area contributed by atoms with Gasteiger partial charge >= 0.3 is 5.43 Å². The molecular weight excluding hydrogens is 264 g/mol. The quantitative estimate of drug-likeness (QED) is 0.717. The van der Waals surface area contributed by atoms with E-state index in [2.05, 4.69) is 34.6 Å². The lowest BCUT2D eigenvalue weighted by Crippen LogP contribution is -2.18. The van der Waals surface area contributed by atoms with Crippen molar-refractivity contribution < 1.29 is 14.3 Å². The van der Waals surface area contributed by atoms with Gasteiger partial charge in [0.2, 0.25) is 0 Å². The molecule has 104 valence electrons. The molecule has 0 radical (unpaired) electrons. The first-order chi connectivity index (χ1) is 8.61. The highest BCUT2D eigenvalue weighted by atomic mass is 35.5. The molecule has 0 aromatic heterocycles. The Balaban J connectivity index is 2.62. The topological polar surface area (TPSA) is 35.5 Å². The minimum absolute atomic E-state index is 0.0932. The van der Waals surface area contributed by atoms with Crippen LogP contribution in [0.1, 0.15) is 45.7 Å². The van der Waals surface area contributed by atoms with Gasteiger partial charge in [-0.1, -0.05) is 34.6 Å². The van der Waals surface area contributed by atoms with Crippen LogP contribution in [-0.4, -0.2) is 12.0 Å². The average Bonchev–Trinajstić information content (AvgIpc) is 2.52. The Morgan fingerprint density at radius 3 is 2.53 bits per heavy atom. The van der Waals surface area contributed by atoms with Crippen LogP contribution in [0, 0.1) is 0 Å². The van der Waals surface area contributed by atoms with Gasteiger partial charge in [0, 0.05) is 28.1 Å². The van der Waals surface area contributed by atoms with Gasteiger partial charge in [0.1, 0.15) is 11.5 Å². The number of halogens is 1. The monoisotopic (exact) mass is 282 g/mol. The second-order valence-corrected chi connectivity index (χ2v) is 6.92. The summed E-state index contributed by atoms with van der Waals surface area (Å²) in [5.41, 5.74) is 1.08. The zero-order valence-corrected chi connectivity index (χ0v) is 12.7. The van der Waals surface area contributed by atoms with E-state index in [9.17, 15) is 4.79 Å². The normalized spacial score (nSPS) is 16.7. The van der Waals surface area contributed by atoms with Crippen molar-refractivity contribution in [3.05, 3.63) is 23.3 Å². The highest BCUT2D eigenvalue weighted by Crippen LogP contribution is 2.46. The molecule has 0 atom stereocenters. The van der Waals surface area contributed by atoms with Crippen LogP contribution in [0.15, 0.2) is 12.1 Å². The van der Waals surface area contributed by atoms with Gasteiger partial charge in [0.25, 0.3) is 0 Å². The number of rotatable bonds is 1. The van der Waals surface area contributed by atoms with Gasteiger partial charge in [-0.3, -0.25) is 0 Å². The lowest BCUT2D eigenvalue weighted by atomic mass is 9.80. The third-order valence-electron chi connectivity index (χ3n) is 3.38. The van der Waals surface area contributed by atoms with Crippen LogP contribution in [0.5, 0.6) is 11.5 Å². The zero-order chi connectivity index (χ0) is 14.4. The molecule has 0 spiro atoms. The largest absolute Gasteiger partial charge is 0.492 e. The summed E-state index contributed by atoms with van der Waals surface area (Å²) in [5.74, 6) is 1.38. The highest BCUT2D eigenvalue weighted by Gasteiger charge is 2.36. The Kier molecular flexibility index (Phi) is 3.29. The Labute approximate surface area is 118 Å². The van der Waals surface area contributed by atoms with Gasteiger partial charge in [0.05, 0.1) is 6.61 Å². The van der Waals surface area contributed by atoms with Crippen molar-refractivity contribution in [2.24, 2.45) is 0 Å². The second-order valence-electron chi connectivity index (χ2n) is 6.61.